The summed E-state index contributed by atoms with van der Waals surface area (Å²) in [6.45, 7) is 7.08. The van der Waals surface area contributed by atoms with E-state index < -0.39 is 0 Å². The Morgan fingerprint density at radius 2 is 2.00 bits per heavy atom. The predicted octanol–water partition coefficient (Wildman–Crippen LogP) is 4.76. The Balaban J connectivity index is 1.23. The zero-order chi connectivity index (χ0) is 19.3. The molecule has 146 valence electrons. The molecule has 0 bridgehead atoms. The third-order valence-corrected chi connectivity index (χ3v) is 6.66. The van der Waals surface area contributed by atoms with Crippen molar-refractivity contribution in [2.45, 2.75) is 45.6 Å². The van der Waals surface area contributed by atoms with Crippen LogP contribution in [0.3, 0.4) is 0 Å². The minimum absolute atomic E-state index is 0.327. The lowest BCUT2D eigenvalue weighted by molar-refractivity contribution is 0.158. The van der Waals surface area contributed by atoms with Crippen LogP contribution in [0.4, 0.5) is 0 Å². The summed E-state index contributed by atoms with van der Waals surface area (Å²) in [4.78, 5) is 7.16. The van der Waals surface area contributed by atoms with Crippen molar-refractivity contribution < 1.29 is 9.05 Å². The Morgan fingerprint density at radius 3 is 2.71 bits per heavy atom. The summed E-state index contributed by atoms with van der Waals surface area (Å²) in [5.74, 6) is 2.71. The smallest absolute Gasteiger partial charge is 0.230 e. The Morgan fingerprint density at radius 1 is 1.18 bits per heavy atom. The van der Waals surface area contributed by atoms with E-state index in [1.54, 1.807) is 0 Å². The first-order valence-electron chi connectivity index (χ1n) is 9.78. The molecule has 6 nitrogen and oxygen atoms in total. The molecule has 28 heavy (non-hydrogen) atoms. The van der Waals surface area contributed by atoms with Gasteiger partial charge in [-0.3, -0.25) is 4.90 Å². The zero-order valence-corrected chi connectivity index (χ0v) is 16.9. The first-order chi connectivity index (χ1) is 13.5. The summed E-state index contributed by atoms with van der Waals surface area (Å²) >= 11 is 6.08. The highest BCUT2D eigenvalue weighted by atomic mass is 35.5. The molecule has 2 aliphatic rings. The van der Waals surface area contributed by atoms with Crippen molar-refractivity contribution in [3.8, 4) is 11.4 Å². The fourth-order valence-electron chi connectivity index (χ4n) is 4.48. The number of aromatic nitrogens is 3. The number of rotatable bonds is 4. The lowest BCUT2D eigenvalue weighted by atomic mass is 9.90. The molecule has 2 fully saturated rings. The lowest BCUT2D eigenvalue weighted by Crippen LogP contribution is -2.34. The molecule has 1 aromatic carbocycles. The molecule has 0 amide bonds. The second-order valence-electron chi connectivity index (χ2n) is 8.16. The van der Waals surface area contributed by atoms with Crippen molar-refractivity contribution >= 4 is 11.6 Å². The normalized spacial score (nSPS) is 21.3. The summed E-state index contributed by atoms with van der Waals surface area (Å²) in [6.07, 6.45) is 3.47. The maximum Gasteiger partial charge on any atom is 0.230 e. The van der Waals surface area contributed by atoms with Crippen LogP contribution in [0.15, 0.2) is 33.3 Å². The van der Waals surface area contributed by atoms with Gasteiger partial charge in [-0.2, -0.15) is 4.98 Å². The van der Waals surface area contributed by atoms with Crippen molar-refractivity contribution in [3.63, 3.8) is 0 Å². The number of piperidine rings is 1. The van der Waals surface area contributed by atoms with E-state index in [0.717, 1.165) is 61.8 Å². The summed E-state index contributed by atoms with van der Waals surface area (Å²) in [6, 6.07) is 7.57. The van der Waals surface area contributed by atoms with E-state index in [-0.39, 0.29) is 0 Å². The second-order valence-corrected chi connectivity index (χ2v) is 8.60. The van der Waals surface area contributed by atoms with Crippen LogP contribution in [-0.4, -0.2) is 33.3 Å². The molecule has 5 rings (SSSR count). The van der Waals surface area contributed by atoms with Crippen molar-refractivity contribution in [2.75, 3.05) is 13.1 Å². The molecule has 1 saturated heterocycles. The first kappa shape index (κ1) is 17.9. The van der Waals surface area contributed by atoms with Gasteiger partial charge in [0, 0.05) is 28.6 Å². The average molecular weight is 399 g/mol. The highest BCUT2D eigenvalue weighted by molar-refractivity contribution is 6.30. The standard InChI is InChI=1S/C21H23ClN4O2/c1-13-17(14(2)27-24-13)12-26-8-6-21(7-9-26)11-18(21)20-23-19(25-28-20)15-4-3-5-16(22)10-15/h3-5,10,18H,6-9,11-12H2,1-2H3/t18-/m1/s1. The minimum Gasteiger partial charge on any atom is -0.361 e. The van der Waals surface area contributed by atoms with E-state index in [0.29, 0.717) is 22.2 Å². The average Bonchev–Trinajstić information content (AvgIpc) is 3.02. The topological polar surface area (TPSA) is 68.2 Å². The van der Waals surface area contributed by atoms with Gasteiger partial charge in [-0.25, -0.2) is 0 Å². The molecule has 7 heteroatoms. The lowest BCUT2D eigenvalue weighted by Gasteiger charge is -2.32. The zero-order valence-electron chi connectivity index (χ0n) is 16.1. The minimum atomic E-state index is 0.327. The monoisotopic (exact) mass is 398 g/mol. The molecule has 3 aromatic rings. The third-order valence-electron chi connectivity index (χ3n) is 6.43. The van der Waals surface area contributed by atoms with Crippen LogP contribution < -0.4 is 0 Å². The van der Waals surface area contributed by atoms with Crippen LogP contribution in [0.25, 0.3) is 11.4 Å². The fraction of sp³-hybridized carbons (Fsp3) is 0.476. The number of aryl methyl sites for hydroxylation is 2. The van der Waals surface area contributed by atoms with Crippen molar-refractivity contribution in [1.29, 1.82) is 0 Å². The summed E-state index contributed by atoms with van der Waals surface area (Å²) in [5, 5.41) is 8.93. The van der Waals surface area contributed by atoms with E-state index >= 15 is 0 Å². The molecule has 2 aromatic heterocycles. The Kier molecular flexibility index (Phi) is 4.29. The number of nitrogens with zero attached hydrogens (tertiary/aromatic N) is 4. The largest absolute Gasteiger partial charge is 0.361 e. The maximum absolute atomic E-state index is 6.08. The third kappa shape index (κ3) is 3.14. The van der Waals surface area contributed by atoms with Gasteiger partial charge in [-0.15, -0.1) is 0 Å². The van der Waals surface area contributed by atoms with Gasteiger partial charge < -0.3 is 9.05 Å². The van der Waals surface area contributed by atoms with Crippen LogP contribution in [0, 0.1) is 19.3 Å². The fourth-order valence-corrected chi connectivity index (χ4v) is 4.67. The molecule has 0 N–H and O–H groups in total. The van der Waals surface area contributed by atoms with Crippen LogP contribution in [0.1, 0.15) is 48.1 Å². The SMILES string of the molecule is Cc1noc(C)c1CN1CCC2(CC1)C[C@@H]2c1nc(-c2cccc(Cl)c2)no1. The van der Waals surface area contributed by atoms with Crippen molar-refractivity contribution in [1.82, 2.24) is 20.2 Å². The Labute approximate surface area is 168 Å². The van der Waals surface area contributed by atoms with E-state index in [4.69, 9.17) is 20.6 Å². The van der Waals surface area contributed by atoms with Gasteiger partial charge in [0.05, 0.1) is 5.69 Å². The highest BCUT2D eigenvalue weighted by Crippen LogP contribution is 2.64. The van der Waals surface area contributed by atoms with E-state index in [1.165, 1.54) is 5.56 Å². The Bertz CT molecular complexity index is 984. The quantitative estimate of drug-likeness (QED) is 0.630. The van der Waals surface area contributed by atoms with Crippen LogP contribution in [0.2, 0.25) is 5.02 Å². The van der Waals surface area contributed by atoms with Gasteiger partial charge in [0.25, 0.3) is 0 Å². The molecular formula is C21H23ClN4O2. The molecule has 1 spiro atoms. The van der Waals surface area contributed by atoms with Crippen molar-refractivity contribution in [2.24, 2.45) is 5.41 Å². The number of likely N-dealkylation sites (tertiary alicyclic amines) is 1. The van der Waals surface area contributed by atoms with Crippen LogP contribution >= 0.6 is 11.6 Å². The van der Waals surface area contributed by atoms with Crippen LogP contribution in [0.5, 0.6) is 0 Å². The Hall–Kier alpha value is -2.18. The van der Waals surface area contributed by atoms with Gasteiger partial charge in [-0.1, -0.05) is 34.0 Å². The molecule has 0 unspecified atom stereocenters. The number of benzene rings is 1. The summed E-state index contributed by atoms with van der Waals surface area (Å²) in [5.41, 5.74) is 3.45. The molecule has 3 heterocycles. The predicted molar refractivity (Wildman–Crippen MR) is 105 cm³/mol. The second kappa shape index (κ2) is 6.71. The molecule has 1 aliphatic carbocycles. The molecule has 1 atom stereocenters. The first-order valence-corrected chi connectivity index (χ1v) is 10.2. The molecule has 1 saturated carbocycles. The van der Waals surface area contributed by atoms with Gasteiger partial charge in [-0.05, 0) is 63.7 Å². The van der Waals surface area contributed by atoms with E-state index in [9.17, 15) is 0 Å². The van der Waals surface area contributed by atoms with Gasteiger partial charge in [0.2, 0.25) is 11.7 Å². The van der Waals surface area contributed by atoms with Gasteiger partial charge >= 0.3 is 0 Å². The highest BCUT2D eigenvalue weighted by Gasteiger charge is 2.58. The summed E-state index contributed by atoms with van der Waals surface area (Å²) < 4.78 is 10.9. The summed E-state index contributed by atoms with van der Waals surface area (Å²) in [7, 11) is 0. The van der Waals surface area contributed by atoms with E-state index in [2.05, 4.69) is 20.2 Å². The molecule has 1 aliphatic heterocycles. The molecule has 0 radical (unpaired) electrons. The number of hydrogen-bond donors (Lipinski definition) is 0. The van der Waals surface area contributed by atoms with Crippen molar-refractivity contribution in [3.05, 3.63) is 52.2 Å². The number of halogens is 1. The number of hydrogen-bond acceptors (Lipinski definition) is 6. The molecular weight excluding hydrogens is 376 g/mol. The van der Waals surface area contributed by atoms with E-state index in [1.807, 2.05) is 38.1 Å². The van der Waals surface area contributed by atoms with Crippen LogP contribution in [-0.2, 0) is 6.54 Å². The maximum atomic E-state index is 6.08. The van der Waals surface area contributed by atoms with Gasteiger partial charge in [0.15, 0.2) is 0 Å². The van der Waals surface area contributed by atoms with Gasteiger partial charge in [0.1, 0.15) is 5.76 Å².